The minimum Gasteiger partial charge on any atom is -0.324 e. The van der Waals surface area contributed by atoms with Gasteiger partial charge >= 0.3 is 0 Å². The molecule has 1 aromatic rings. The molecular formula is C13H15N. The summed E-state index contributed by atoms with van der Waals surface area (Å²) in [4.78, 5) is 0. The number of fused-ring (bicyclic) bond motifs is 1. The van der Waals surface area contributed by atoms with Crippen molar-refractivity contribution in [3.8, 4) is 0 Å². The van der Waals surface area contributed by atoms with Gasteiger partial charge in [0.05, 0.1) is 0 Å². The molecule has 0 aromatic heterocycles. The van der Waals surface area contributed by atoms with Gasteiger partial charge in [0.25, 0.3) is 0 Å². The molecular weight excluding hydrogens is 170 g/mol. The van der Waals surface area contributed by atoms with E-state index in [1.165, 1.54) is 16.0 Å². The fourth-order valence-electron chi connectivity index (χ4n) is 1.81. The largest absolute Gasteiger partial charge is 0.324 e. The average molecular weight is 185 g/mol. The maximum atomic E-state index is 5.95. The summed E-state index contributed by atoms with van der Waals surface area (Å²) in [5.41, 5.74) is 7.18. The Morgan fingerprint density at radius 1 is 1.29 bits per heavy atom. The number of allylic oxidation sites excluding steroid dienone is 1. The van der Waals surface area contributed by atoms with Gasteiger partial charge in [-0.15, -0.1) is 0 Å². The molecule has 2 N–H and O–H groups in total. The van der Waals surface area contributed by atoms with Crippen molar-refractivity contribution in [1.29, 1.82) is 0 Å². The van der Waals surface area contributed by atoms with Gasteiger partial charge in [0.1, 0.15) is 0 Å². The zero-order chi connectivity index (χ0) is 9.97. The van der Waals surface area contributed by atoms with Crippen molar-refractivity contribution in [3.05, 3.63) is 46.9 Å². The molecule has 0 bridgehead atoms. The van der Waals surface area contributed by atoms with Crippen LogP contribution in [0.15, 0.2) is 36.4 Å². The lowest BCUT2D eigenvalue weighted by Crippen LogP contribution is -2.31. The molecule has 2 rings (SSSR count). The monoisotopic (exact) mass is 185 g/mol. The molecule has 0 fully saturated rings. The van der Waals surface area contributed by atoms with Gasteiger partial charge in [0, 0.05) is 6.04 Å². The molecule has 1 heteroatoms. The minimum atomic E-state index is 0.0962. The van der Waals surface area contributed by atoms with Gasteiger partial charge in [0.15, 0.2) is 0 Å². The average Bonchev–Trinajstić information content (AvgIpc) is 2.39. The Balaban J connectivity index is 2.81. The fourth-order valence-corrected chi connectivity index (χ4v) is 1.81. The lowest BCUT2D eigenvalue weighted by molar-refractivity contribution is 0.946. The van der Waals surface area contributed by atoms with Crippen LogP contribution in [-0.4, -0.2) is 6.04 Å². The predicted octanol–water partition coefficient (Wildman–Crippen LogP) is 0.925. The van der Waals surface area contributed by atoms with Crippen molar-refractivity contribution in [1.82, 2.24) is 0 Å². The Morgan fingerprint density at radius 3 is 2.86 bits per heavy atom. The van der Waals surface area contributed by atoms with Crippen molar-refractivity contribution in [2.75, 3.05) is 0 Å². The summed E-state index contributed by atoms with van der Waals surface area (Å²) in [5, 5.41) is 2.57. The first-order valence-corrected chi connectivity index (χ1v) is 5.00. The van der Waals surface area contributed by atoms with Crippen molar-refractivity contribution in [2.24, 2.45) is 5.73 Å². The highest BCUT2D eigenvalue weighted by Crippen LogP contribution is 2.03. The van der Waals surface area contributed by atoms with E-state index in [2.05, 4.69) is 42.5 Å². The molecule has 1 aliphatic carbocycles. The van der Waals surface area contributed by atoms with Gasteiger partial charge in [-0.2, -0.15) is 0 Å². The van der Waals surface area contributed by atoms with Crippen LogP contribution in [0.4, 0.5) is 0 Å². The van der Waals surface area contributed by atoms with Gasteiger partial charge < -0.3 is 5.73 Å². The van der Waals surface area contributed by atoms with Crippen LogP contribution in [0.25, 0.3) is 11.6 Å². The van der Waals surface area contributed by atoms with E-state index in [-0.39, 0.29) is 6.04 Å². The smallest absolute Gasteiger partial charge is 0.0272 e. The highest BCUT2D eigenvalue weighted by Gasteiger charge is 2.02. The molecule has 0 heterocycles. The van der Waals surface area contributed by atoms with E-state index in [1.807, 2.05) is 6.92 Å². The third-order valence-corrected chi connectivity index (χ3v) is 2.53. The Labute approximate surface area is 84.3 Å². The standard InChI is InChI=1S/C13H15N/c1-10(14)12-8-4-2-6-11-7-3-5-9-13(11)12/h3-10H,2,14H2,1H3. The molecule has 14 heavy (non-hydrogen) atoms. The Morgan fingerprint density at radius 2 is 2.07 bits per heavy atom. The number of nitrogens with two attached hydrogens (primary N) is 1. The van der Waals surface area contributed by atoms with Crippen LogP contribution in [0.1, 0.15) is 13.3 Å². The molecule has 0 amide bonds. The van der Waals surface area contributed by atoms with Crippen LogP contribution >= 0.6 is 0 Å². The highest BCUT2D eigenvalue weighted by molar-refractivity contribution is 5.62. The summed E-state index contributed by atoms with van der Waals surface area (Å²) >= 11 is 0. The van der Waals surface area contributed by atoms with Crippen LogP contribution in [-0.2, 0) is 0 Å². The molecule has 0 aliphatic heterocycles. The van der Waals surface area contributed by atoms with E-state index in [9.17, 15) is 0 Å². The zero-order valence-electron chi connectivity index (χ0n) is 8.40. The van der Waals surface area contributed by atoms with Crippen molar-refractivity contribution >= 4 is 11.6 Å². The number of hydrogen-bond acceptors (Lipinski definition) is 1. The van der Waals surface area contributed by atoms with Crippen molar-refractivity contribution in [3.63, 3.8) is 0 Å². The highest BCUT2D eigenvalue weighted by atomic mass is 14.6. The summed E-state index contributed by atoms with van der Waals surface area (Å²) in [7, 11) is 0. The Bertz CT molecular complexity index is 466. The molecule has 0 spiro atoms. The normalized spacial score (nSPS) is 16.9. The van der Waals surface area contributed by atoms with Crippen LogP contribution in [0.2, 0.25) is 0 Å². The Hall–Kier alpha value is -1.34. The molecule has 1 unspecified atom stereocenters. The van der Waals surface area contributed by atoms with Gasteiger partial charge in [0.2, 0.25) is 0 Å². The molecule has 1 atom stereocenters. The molecule has 72 valence electrons. The SMILES string of the molecule is CC(N)C1=c2ccccc2=CCC=C1. The predicted molar refractivity (Wildman–Crippen MR) is 61.0 cm³/mol. The second-order valence-corrected chi connectivity index (χ2v) is 3.67. The third-order valence-electron chi connectivity index (χ3n) is 2.53. The summed E-state index contributed by atoms with van der Waals surface area (Å²) < 4.78 is 0. The van der Waals surface area contributed by atoms with Crippen LogP contribution < -0.4 is 16.2 Å². The van der Waals surface area contributed by atoms with E-state index in [1.54, 1.807) is 0 Å². The topological polar surface area (TPSA) is 26.0 Å². The molecule has 1 aromatic carbocycles. The van der Waals surface area contributed by atoms with Gasteiger partial charge in [-0.05, 0) is 29.4 Å². The van der Waals surface area contributed by atoms with Crippen LogP contribution in [0.3, 0.4) is 0 Å². The first kappa shape index (κ1) is 9.22. The van der Waals surface area contributed by atoms with E-state index >= 15 is 0 Å². The third kappa shape index (κ3) is 1.64. The zero-order valence-corrected chi connectivity index (χ0v) is 8.40. The fraction of sp³-hybridized carbons (Fsp3) is 0.231. The first-order chi connectivity index (χ1) is 6.79. The minimum absolute atomic E-state index is 0.0962. The quantitative estimate of drug-likeness (QED) is 0.692. The summed E-state index contributed by atoms with van der Waals surface area (Å²) in [6.07, 6.45) is 7.54. The maximum Gasteiger partial charge on any atom is 0.0272 e. The molecule has 0 saturated carbocycles. The van der Waals surface area contributed by atoms with E-state index in [0.29, 0.717) is 0 Å². The van der Waals surface area contributed by atoms with Gasteiger partial charge in [-0.3, -0.25) is 0 Å². The number of hydrogen-bond donors (Lipinski definition) is 1. The van der Waals surface area contributed by atoms with E-state index in [4.69, 9.17) is 5.73 Å². The first-order valence-electron chi connectivity index (χ1n) is 5.00. The number of rotatable bonds is 1. The molecule has 1 nitrogen and oxygen atoms in total. The van der Waals surface area contributed by atoms with E-state index in [0.717, 1.165) is 6.42 Å². The summed E-state index contributed by atoms with van der Waals surface area (Å²) in [6.45, 7) is 2.03. The van der Waals surface area contributed by atoms with Crippen LogP contribution in [0.5, 0.6) is 0 Å². The second-order valence-electron chi connectivity index (χ2n) is 3.67. The van der Waals surface area contributed by atoms with Crippen LogP contribution in [0, 0.1) is 0 Å². The molecule has 0 saturated heterocycles. The van der Waals surface area contributed by atoms with E-state index < -0.39 is 0 Å². The lowest BCUT2D eigenvalue weighted by atomic mass is 10.1. The lowest BCUT2D eigenvalue weighted by Gasteiger charge is -2.06. The molecule has 0 radical (unpaired) electrons. The Kier molecular flexibility index (Phi) is 2.51. The second kappa shape index (κ2) is 3.81. The summed E-state index contributed by atoms with van der Waals surface area (Å²) in [5.74, 6) is 0. The van der Waals surface area contributed by atoms with Crippen molar-refractivity contribution < 1.29 is 0 Å². The molecule has 1 aliphatic rings. The number of benzene rings is 1. The van der Waals surface area contributed by atoms with Crippen molar-refractivity contribution in [2.45, 2.75) is 19.4 Å². The maximum absolute atomic E-state index is 5.95. The summed E-state index contributed by atoms with van der Waals surface area (Å²) in [6, 6.07) is 8.51. The van der Waals surface area contributed by atoms with Gasteiger partial charge in [-0.1, -0.05) is 42.5 Å². The van der Waals surface area contributed by atoms with Gasteiger partial charge in [-0.25, -0.2) is 0 Å².